The van der Waals surface area contributed by atoms with Gasteiger partial charge in [0.25, 0.3) is 5.91 Å². The lowest BCUT2D eigenvalue weighted by atomic mass is 10.1. The smallest absolute Gasteiger partial charge is 0.260 e. The molecule has 2 heterocycles. The molecule has 2 amide bonds. The number of halogens is 1. The number of hydrogen-bond donors (Lipinski definition) is 0. The van der Waals surface area contributed by atoms with E-state index < -0.39 is 0 Å². The van der Waals surface area contributed by atoms with Crippen LogP contribution in [0, 0.1) is 6.92 Å². The maximum Gasteiger partial charge on any atom is 0.260 e. The summed E-state index contributed by atoms with van der Waals surface area (Å²) in [4.78, 5) is 29.4. The van der Waals surface area contributed by atoms with Crippen LogP contribution >= 0.6 is 11.6 Å². The average molecular weight is 343 g/mol. The monoisotopic (exact) mass is 342 g/mol. The first kappa shape index (κ1) is 16.1. The predicted molar refractivity (Wildman–Crippen MR) is 90.0 cm³/mol. The van der Waals surface area contributed by atoms with Gasteiger partial charge < -0.3 is 0 Å². The van der Waals surface area contributed by atoms with Gasteiger partial charge in [-0.15, -0.1) is 0 Å². The van der Waals surface area contributed by atoms with E-state index in [1.807, 2.05) is 19.1 Å². The number of imidazole rings is 1. The fourth-order valence-electron chi connectivity index (χ4n) is 2.43. The molecule has 0 N–H and O–H groups in total. The third-order valence-corrected chi connectivity index (χ3v) is 3.91. The Morgan fingerprint density at radius 3 is 2.83 bits per heavy atom. The molecule has 0 unspecified atom stereocenters. The molecule has 7 heteroatoms. The maximum atomic E-state index is 12.5. The summed E-state index contributed by atoms with van der Waals surface area (Å²) in [5.74, 6) is -0.312. The van der Waals surface area contributed by atoms with E-state index in [2.05, 4.69) is 10.1 Å². The van der Waals surface area contributed by atoms with Crippen LogP contribution in [0.5, 0.6) is 0 Å². The number of fused-ring (bicyclic) bond motifs is 1. The Labute approximate surface area is 143 Å². The molecule has 6 nitrogen and oxygen atoms in total. The van der Waals surface area contributed by atoms with Crippen molar-refractivity contribution >= 4 is 29.6 Å². The molecule has 0 fully saturated rings. The van der Waals surface area contributed by atoms with Gasteiger partial charge in [-0.05, 0) is 30.7 Å². The standard InChI is InChI=1S/C17H15ClN4O2/c1-12-4-2-3-5-14(12)17(24)21(11-23)9-8-13-10-22-16(19-13)7-6-15(18)20-22/h2-7,10-11H,8-9H2,1H3. The van der Waals surface area contributed by atoms with Crippen molar-refractivity contribution in [2.75, 3.05) is 6.54 Å². The van der Waals surface area contributed by atoms with E-state index in [0.717, 1.165) is 16.2 Å². The third-order valence-electron chi connectivity index (χ3n) is 3.71. The largest absolute Gasteiger partial charge is 0.281 e. The average Bonchev–Trinajstić information content (AvgIpc) is 2.97. The van der Waals surface area contributed by atoms with E-state index in [1.54, 1.807) is 35.0 Å². The summed E-state index contributed by atoms with van der Waals surface area (Å²) in [5, 5.41) is 4.48. The quantitative estimate of drug-likeness (QED) is 0.668. The number of carbonyl (C=O) groups excluding carboxylic acids is 2. The van der Waals surface area contributed by atoms with Crippen LogP contribution in [0.15, 0.2) is 42.6 Å². The number of aromatic nitrogens is 3. The van der Waals surface area contributed by atoms with E-state index in [4.69, 9.17) is 11.6 Å². The number of nitrogens with zero attached hydrogens (tertiary/aromatic N) is 4. The van der Waals surface area contributed by atoms with Crippen molar-refractivity contribution in [2.45, 2.75) is 13.3 Å². The fraction of sp³-hybridized carbons (Fsp3) is 0.176. The van der Waals surface area contributed by atoms with Gasteiger partial charge in [-0.2, -0.15) is 5.10 Å². The Morgan fingerprint density at radius 1 is 1.29 bits per heavy atom. The summed E-state index contributed by atoms with van der Waals surface area (Å²) in [5.41, 5.74) is 2.75. The highest BCUT2D eigenvalue weighted by Crippen LogP contribution is 2.12. The maximum absolute atomic E-state index is 12.5. The predicted octanol–water partition coefficient (Wildman–Crippen LogP) is 2.53. The fourth-order valence-corrected chi connectivity index (χ4v) is 2.58. The molecule has 3 aromatic rings. The lowest BCUT2D eigenvalue weighted by Crippen LogP contribution is -2.32. The van der Waals surface area contributed by atoms with Gasteiger partial charge in [-0.1, -0.05) is 29.8 Å². The summed E-state index contributed by atoms with van der Waals surface area (Å²) in [6.07, 6.45) is 2.74. The van der Waals surface area contributed by atoms with E-state index in [1.165, 1.54) is 0 Å². The summed E-state index contributed by atoms with van der Waals surface area (Å²) in [7, 11) is 0. The zero-order chi connectivity index (χ0) is 17.1. The molecule has 0 saturated carbocycles. The second kappa shape index (κ2) is 6.80. The van der Waals surface area contributed by atoms with Crippen molar-refractivity contribution < 1.29 is 9.59 Å². The second-order valence-corrected chi connectivity index (χ2v) is 5.75. The Balaban J connectivity index is 1.74. The van der Waals surface area contributed by atoms with Gasteiger partial charge in [0, 0.05) is 18.5 Å². The summed E-state index contributed by atoms with van der Waals surface area (Å²) < 4.78 is 1.58. The molecule has 0 saturated heterocycles. The van der Waals surface area contributed by atoms with Crippen molar-refractivity contribution in [3.05, 3.63) is 64.6 Å². The highest BCUT2D eigenvalue weighted by molar-refractivity contribution is 6.29. The molecule has 0 aliphatic rings. The molecule has 24 heavy (non-hydrogen) atoms. The second-order valence-electron chi connectivity index (χ2n) is 5.36. The molecule has 0 bridgehead atoms. The molecule has 1 aromatic carbocycles. The minimum atomic E-state index is -0.312. The molecule has 0 aliphatic heterocycles. The van der Waals surface area contributed by atoms with Gasteiger partial charge in [-0.3, -0.25) is 14.5 Å². The first-order chi connectivity index (χ1) is 11.6. The molecule has 0 spiro atoms. The SMILES string of the molecule is Cc1ccccc1C(=O)N(C=O)CCc1cn2nc(Cl)ccc2n1. The first-order valence-electron chi connectivity index (χ1n) is 7.41. The van der Waals surface area contributed by atoms with Gasteiger partial charge in [0.1, 0.15) is 5.15 Å². The van der Waals surface area contributed by atoms with Crippen LogP contribution in [0.25, 0.3) is 5.65 Å². The van der Waals surface area contributed by atoms with Gasteiger partial charge >= 0.3 is 0 Å². The highest BCUT2D eigenvalue weighted by Gasteiger charge is 2.17. The van der Waals surface area contributed by atoms with E-state index in [-0.39, 0.29) is 12.5 Å². The molecule has 0 radical (unpaired) electrons. The Morgan fingerprint density at radius 2 is 2.08 bits per heavy atom. The highest BCUT2D eigenvalue weighted by atomic mass is 35.5. The number of rotatable bonds is 5. The van der Waals surface area contributed by atoms with Crippen LogP contribution in [-0.2, 0) is 11.2 Å². The van der Waals surface area contributed by atoms with Crippen molar-refractivity contribution in [3.8, 4) is 0 Å². The van der Waals surface area contributed by atoms with Crippen molar-refractivity contribution in [1.82, 2.24) is 19.5 Å². The number of amides is 2. The zero-order valence-electron chi connectivity index (χ0n) is 13.0. The Kier molecular flexibility index (Phi) is 4.57. The Hall–Kier alpha value is -2.73. The van der Waals surface area contributed by atoms with Crippen LogP contribution in [0.2, 0.25) is 5.15 Å². The lowest BCUT2D eigenvalue weighted by Gasteiger charge is -2.16. The number of benzene rings is 1. The van der Waals surface area contributed by atoms with Gasteiger partial charge in [0.05, 0.1) is 11.9 Å². The van der Waals surface area contributed by atoms with Crippen LogP contribution in [0.3, 0.4) is 0 Å². The van der Waals surface area contributed by atoms with Gasteiger partial charge in [0.15, 0.2) is 5.65 Å². The minimum absolute atomic E-state index is 0.244. The minimum Gasteiger partial charge on any atom is -0.281 e. The molecule has 2 aromatic heterocycles. The van der Waals surface area contributed by atoms with E-state index in [9.17, 15) is 9.59 Å². The lowest BCUT2D eigenvalue weighted by molar-refractivity contribution is -0.115. The number of carbonyl (C=O) groups is 2. The number of aryl methyl sites for hydroxylation is 1. The zero-order valence-corrected chi connectivity index (χ0v) is 13.8. The number of imide groups is 1. The summed E-state index contributed by atoms with van der Waals surface area (Å²) >= 11 is 5.84. The topological polar surface area (TPSA) is 67.6 Å². The van der Waals surface area contributed by atoms with Crippen molar-refractivity contribution in [1.29, 1.82) is 0 Å². The normalized spacial score (nSPS) is 10.8. The van der Waals surface area contributed by atoms with Crippen LogP contribution in [0.4, 0.5) is 0 Å². The summed E-state index contributed by atoms with van der Waals surface area (Å²) in [6, 6.07) is 10.6. The van der Waals surface area contributed by atoms with Crippen LogP contribution < -0.4 is 0 Å². The van der Waals surface area contributed by atoms with Crippen molar-refractivity contribution in [2.24, 2.45) is 0 Å². The summed E-state index contributed by atoms with van der Waals surface area (Å²) in [6.45, 7) is 2.09. The molecule has 0 aliphatic carbocycles. The molecule has 122 valence electrons. The van der Waals surface area contributed by atoms with Gasteiger partial charge in [0.2, 0.25) is 6.41 Å². The van der Waals surface area contributed by atoms with E-state index in [0.29, 0.717) is 29.2 Å². The molecular formula is C17H15ClN4O2. The van der Waals surface area contributed by atoms with Crippen LogP contribution in [0.1, 0.15) is 21.6 Å². The molecule has 3 rings (SSSR count). The third kappa shape index (κ3) is 3.28. The van der Waals surface area contributed by atoms with E-state index >= 15 is 0 Å². The van der Waals surface area contributed by atoms with Crippen molar-refractivity contribution in [3.63, 3.8) is 0 Å². The van der Waals surface area contributed by atoms with Crippen LogP contribution in [-0.4, -0.2) is 38.4 Å². The number of hydrogen-bond acceptors (Lipinski definition) is 4. The first-order valence-corrected chi connectivity index (χ1v) is 7.79. The molecular weight excluding hydrogens is 328 g/mol. The Bertz CT molecular complexity index is 906. The molecule has 0 atom stereocenters. The van der Waals surface area contributed by atoms with Gasteiger partial charge in [-0.25, -0.2) is 9.50 Å².